The second-order valence-corrected chi connectivity index (χ2v) is 4.24. The van der Waals surface area contributed by atoms with E-state index < -0.39 is 0 Å². The summed E-state index contributed by atoms with van der Waals surface area (Å²) < 4.78 is 0. The number of hydrogen-bond donors (Lipinski definition) is 1. The predicted molar refractivity (Wildman–Crippen MR) is 74.8 cm³/mol. The van der Waals surface area contributed by atoms with Crippen LogP contribution in [0.2, 0.25) is 0 Å². The van der Waals surface area contributed by atoms with E-state index in [-0.39, 0.29) is 0 Å². The minimum absolute atomic E-state index is 0.954. The van der Waals surface area contributed by atoms with Crippen LogP contribution in [-0.2, 0) is 19.3 Å². The first-order valence-corrected chi connectivity index (χ1v) is 6.39. The van der Waals surface area contributed by atoms with Crippen molar-refractivity contribution in [1.82, 2.24) is 9.97 Å². The van der Waals surface area contributed by atoms with E-state index in [0.717, 1.165) is 30.8 Å². The van der Waals surface area contributed by atoms with Crippen molar-refractivity contribution in [2.75, 3.05) is 12.4 Å². The summed E-state index contributed by atoms with van der Waals surface area (Å²) in [6.45, 7) is 2.14. The number of nitrogens with one attached hydrogen (secondary N) is 1. The van der Waals surface area contributed by atoms with Gasteiger partial charge in [-0.3, -0.25) is 0 Å². The van der Waals surface area contributed by atoms with Gasteiger partial charge in [-0.2, -0.15) is 0 Å². The number of benzene rings is 1. The van der Waals surface area contributed by atoms with E-state index in [1.165, 1.54) is 11.1 Å². The van der Waals surface area contributed by atoms with Crippen LogP contribution in [0.5, 0.6) is 0 Å². The lowest BCUT2D eigenvalue weighted by Crippen LogP contribution is -2.06. The molecule has 0 aliphatic rings. The van der Waals surface area contributed by atoms with Crippen molar-refractivity contribution < 1.29 is 0 Å². The van der Waals surface area contributed by atoms with Gasteiger partial charge in [-0.25, -0.2) is 9.97 Å². The molecular weight excluding hydrogens is 222 g/mol. The van der Waals surface area contributed by atoms with Crippen molar-refractivity contribution in [2.45, 2.75) is 26.2 Å². The molecule has 0 aliphatic heterocycles. The third-order valence-corrected chi connectivity index (χ3v) is 3.12. The summed E-state index contributed by atoms with van der Waals surface area (Å²) in [7, 11) is 1.91. The minimum Gasteiger partial charge on any atom is -0.373 e. The van der Waals surface area contributed by atoms with Gasteiger partial charge in [0, 0.05) is 18.3 Å². The van der Waals surface area contributed by atoms with Crippen LogP contribution in [0.4, 0.5) is 5.82 Å². The molecule has 3 heteroatoms. The molecule has 0 radical (unpaired) electrons. The van der Waals surface area contributed by atoms with Crippen LogP contribution >= 0.6 is 0 Å². The van der Waals surface area contributed by atoms with Gasteiger partial charge < -0.3 is 5.32 Å². The minimum atomic E-state index is 0.954. The highest BCUT2D eigenvalue weighted by molar-refractivity contribution is 5.45. The number of rotatable bonds is 5. The van der Waals surface area contributed by atoms with E-state index in [1.807, 2.05) is 13.1 Å². The van der Waals surface area contributed by atoms with Crippen molar-refractivity contribution >= 4 is 5.82 Å². The Balaban J connectivity index is 2.14. The van der Waals surface area contributed by atoms with E-state index in [9.17, 15) is 0 Å². The summed E-state index contributed by atoms with van der Waals surface area (Å²) in [6.07, 6.45) is 4.59. The number of aryl methyl sites for hydroxylation is 2. The molecule has 1 N–H and O–H groups in total. The molecule has 0 spiro atoms. The first kappa shape index (κ1) is 12.6. The summed E-state index contributed by atoms with van der Waals surface area (Å²) in [5.74, 6) is 0.954. The lowest BCUT2D eigenvalue weighted by Gasteiger charge is -2.10. The molecule has 0 saturated carbocycles. The molecule has 0 atom stereocenters. The van der Waals surface area contributed by atoms with Gasteiger partial charge in [-0.15, -0.1) is 0 Å². The number of anilines is 1. The van der Waals surface area contributed by atoms with E-state index in [4.69, 9.17) is 0 Å². The Labute approximate surface area is 108 Å². The van der Waals surface area contributed by atoms with Crippen LogP contribution in [0.15, 0.2) is 36.7 Å². The van der Waals surface area contributed by atoms with E-state index in [0.29, 0.717) is 0 Å². The third-order valence-electron chi connectivity index (χ3n) is 3.12. The fourth-order valence-corrected chi connectivity index (χ4v) is 2.16. The molecule has 1 aromatic carbocycles. The van der Waals surface area contributed by atoms with Crippen molar-refractivity contribution in [3.63, 3.8) is 0 Å². The number of nitrogens with zero attached hydrogens (tertiary/aromatic N) is 2. The Hall–Kier alpha value is -1.90. The van der Waals surface area contributed by atoms with Crippen molar-refractivity contribution in [3.8, 4) is 0 Å². The smallest absolute Gasteiger partial charge is 0.132 e. The standard InChI is InChI=1S/C15H19N3/c1-3-13-14(17-11-18-15(13)16-2)10-9-12-7-5-4-6-8-12/h4-8,11H,3,9-10H2,1-2H3,(H,16,17,18). The largest absolute Gasteiger partial charge is 0.373 e. The van der Waals surface area contributed by atoms with Gasteiger partial charge in [0.25, 0.3) is 0 Å². The maximum Gasteiger partial charge on any atom is 0.132 e. The molecule has 0 amide bonds. The molecule has 0 aliphatic carbocycles. The number of aromatic nitrogens is 2. The molecule has 0 bridgehead atoms. The van der Waals surface area contributed by atoms with Crippen LogP contribution in [0.1, 0.15) is 23.7 Å². The second kappa shape index (κ2) is 6.15. The molecule has 0 saturated heterocycles. The summed E-state index contributed by atoms with van der Waals surface area (Å²) in [6, 6.07) is 10.5. The van der Waals surface area contributed by atoms with Crippen LogP contribution in [0.3, 0.4) is 0 Å². The zero-order valence-corrected chi connectivity index (χ0v) is 11.0. The number of hydrogen-bond acceptors (Lipinski definition) is 3. The third kappa shape index (κ3) is 2.86. The van der Waals surface area contributed by atoms with E-state index >= 15 is 0 Å². The Morgan fingerprint density at radius 1 is 1.06 bits per heavy atom. The average Bonchev–Trinajstić information content (AvgIpc) is 2.45. The van der Waals surface area contributed by atoms with E-state index in [1.54, 1.807) is 6.33 Å². The summed E-state index contributed by atoms with van der Waals surface area (Å²) >= 11 is 0. The fourth-order valence-electron chi connectivity index (χ4n) is 2.16. The highest BCUT2D eigenvalue weighted by Gasteiger charge is 2.08. The molecule has 18 heavy (non-hydrogen) atoms. The zero-order valence-electron chi connectivity index (χ0n) is 11.0. The quantitative estimate of drug-likeness (QED) is 0.874. The lowest BCUT2D eigenvalue weighted by molar-refractivity contribution is 0.867. The van der Waals surface area contributed by atoms with Gasteiger partial charge in [0.05, 0.1) is 0 Å². The summed E-state index contributed by atoms with van der Waals surface area (Å²) in [5.41, 5.74) is 3.74. The van der Waals surface area contributed by atoms with Crippen molar-refractivity contribution in [2.24, 2.45) is 0 Å². The average molecular weight is 241 g/mol. The van der Waals surface area contributed by atoms with Crippen LogP contribution in [0.25, 0.3) is 0 Å². The Bertz CT molecular complexity index is 494. The summed E-state index contributed by atoms with van der Waals surface area (Å²) in [5, 5.41) is 3.13. The first-order chi connectivity index (χ1) is 8.85. The van der Waals surface area contributed by atoms with Crippen LogP contribution < -0.4 is 5.32 Å². The zero-order chi connectivity index (χ0) is 12.8. The van der Waals surface area contributed by atoms with Gasteiger partial charge in [-0.05, 0) is 24.8 Å². The molecule has 2 rings (SSSR count). The Morgan fingerprint density at radius 2 is 1.83 bits per heavy atom. The van der Waals surface area contributed by atoms with Crippen molar-refractivity contribution in [1.29, 1.82) is 0 Å². The van der Waals surface area contributed by atoms with Gasteiger partial charge in [0.1, 0.15) is 12.1 Å². The molecule has 2 aromatic rings. The Kier molecular flexibility index (Phi) is 4.29. The monoisotopic (exact) mass is 241 g/mol. The topological polar surface area (TPSA) is 37.8 Å². The highest BCUT2D eigenvalue weighted by Crippen LogP contribution is 2.17. The van der Waals surface area contributed by atoms with Crippen molar-refractivity contribution in [3.05, 3.63) is 53.5 Å². The molecule has 0 fully saturated rings. The lowest BCUT2D eigenvalue weighted by atomic mass is 10.0. The second-order valence-electron chi connectivity index (χ2n) is 4.24. The van der Waals surface area contributed by atoms with E-state index in [2.05, 4.69) is 46.5 Å². The molecule has 0 unspecified atom stereocenters. The van der Waals surface area contributed by atoms with Gasteiger partial charge >= 0.3 is 0 Å². The van der Waals surface area contributed by atoms with Gasteiger partial charge in [0.2, 0.25) is 0 Å². The van der Waals surface area contributed by atoms with Crippen LogP contribution in [0, 0.1) is 0 Å². The van der Waals surface area contributed by atoms with Gasteiger partial charge in [-0.1, -0.05) is 37.3 Å². The molecule has 1 heterocycles. The molecule has 3 nitrogen and oxygen atoms in total. The maximum atomic E-state index is 4.42. The Morgan fingerprint density at radius 3 is 2.50 bits per heavy atom. The first-order valence-electron chi connectivity index (χ1n) is 6.39. The predicted octanol–water partition coefficient (Wildman–Crippen LogP) is 2.87. The highest BCUT2D eigenvalue weighted by atomic mass is 15.0. The molecule has 1 aromatic heterocycles. The normalized spacial score (nSPS) is 10.3. The SMILES string of the molecule is CCc1c(CCc2ccccc2)ncnc1NC. The maximum absolute atomic E-state index is 4.42. The molecular formula is C15H19N3. The van der Waals surface area contributed by atoms with Crippen LogP contribution in [-0.4, -0.2) is 17.0 Å². The van der Waals surface area contributed by atoms with Gasteiger partial charge in [0.15, 0.2) is 0 Å². The molecule has 94 valence electrons. The fraction of sp³-hybridized carbons (Fsp3) is 0.333. The summed E-state index contributed by atoms with van der Waals surface area (Å²) in [4.78, 5) is 8.68.